The molecule has 0 saturated carbocycles. The number of alkyl halides is 5. The number of aromatic nitrogens is 1. The first kappa shape index (κ1) is 31.9. The van der Waals surface area contributed by atoms with E-state index < -0.39 is 30.2 Å². The predicted octanol–water partition coefficient (Wildman–Crippen LogP) is 8.10. The molecule has 0 amide bonds. The molecular weight excluding hydrogens is 597 g/mol. The Balaban J connectivity index is 1.66. The smallest absolute Gasteiger partial charge is 0.416 e. The highest BCUT2D eigenvalue weighted by molar-refractivity contribution is 7.99. The molecule has 0 unspecified atom stereocenters. The van der Waals surface area contributed by atoms with Crippen LogP contribution in [0.5, 0.6) is 5.75 Å². The fourth-order valence-corrected chi connectivity index (χ4v) is 4.71. The highest BCUT2D eigenvalue weighted by Gasteiger charge is 2.30. The van der Waals surface area contributed by atoms with E-state index in [9.17, 15) is 26.7 Å². The zero-order chi connectivity index (χ0) is 31.9. The van der Waals surface area contributed by atoms with Gasteiger partial charge in [0.15, 0.2) is 6.61 Å². The molecule has 4 rings (SSSR count). The van der Waals surface area contributed by atoms with Crippen molar-refractivity contribution in [1.82, 2.24) is 4.98 Å². The van der Waals surface area contributed by atoms with Crippen LogP contribution in [0.2, 0.25) is 0 Å². The van der Waals surface area contributed by atoms with Gasteiger partial charge in [-0.05, 0) is 97.1 Å². The number of carboxylic acids is 1. The molecule has 1 aromatic heterocycles. The number of carbonyl (C=O) groups is 1. The molecule has 0 aliphatic carbocycles. The maximum atomic E-state index is 13.9. The number of hydrogen-bond acceptors (Lipinski definition) is 4. The van der Waals surface area contributed by atoms with Gasteiger partial charge in [0.25, 0.3) is 5.92 Å². The molecule has 0 bridgehead atoms. The second-order valence-electron chi connectivity index (χ2n) is 9.26. The normalized spacial score (nSPS) is 11.0. The Labute approximate surface area is 254 Å². The van der Waals surface area contributed by atoms with Gasteiger partial charge in [0.05, 0.1) is 5.56 Å². The lowest BCUT2D eigenvalue weighted by molar-refractivity contribution is -0.139. The van der Waals surface area contributed by atoms with Gasteiger partial charge in [0, 0.05) is 26.5 Å². The molecule has 0 radical (unpaired) electrons. The minimum Gasteiger partial charge on any atom is -0.482 e. The number of benzene rings is 3. The molecule has 0 saturated heterocycles. The zero-order valence-corrected chi connectivity index (χ0v) is 23.8. The van der Waals surface area contributed by atoms with Gasteiger partial charge in [-0.25, -0.2) is 9.78 Å². The molecule has 0 fully saturated rings. The van der Waals surface area contributed by atoms with Gasteiger partial charge in [-0.15, -0.1) is 0 Å². The summed E-state index contributed by atoms with van der Waals surface area (Å²) in [7, 11) is 0. The Hall–Kier alpha value is -5.06. The van der Waals surface area contributed by atoms with Gasteiger partial charge in [-0.1, -0.05) is 42.3 Å². The third-order valence-electron chi connectivity index (χ3n) is 5.94. The van der Waals surface area contributed by atoms with Crippen LogP contribution < -0.4 is 4.74 Å². The van der Waals surface area contributed by atoms with E-state index in [0.717, 1.165) is 22.6 Å². The van der Waals surface area contributed by atoms with Crippen LogP contribution in [-0.4, -0.2) is 22.7 Å². The number of nitrogens with zero attached hydrogens (tertiary/aromatic N) is 1. The average molecular weight is 620 g/mol. The number of allylic oxidation sites excluding steroid dienone is 1. The molecule has 0 aliphatic heterocycles. The van der Waals surface area contributed by atoms with Crippen molar-refractivity contribution in [2.24, 2.45) is 0 Å². The van der Waals surface area contributed by atoms with Gasteiger partial charge in [0.1, 0.15) is 17.1 Å². The lowest BCUT2D eigenvalue weighted by atomic mass is 10.1. The Bertz CT molecular complexity index is 1810. The molecule has 44 heavy (non-hydrogen) atoms. The molecule has 1 N–H and O–H groups in total. The lowest BCUT2D eigenvalue weighted by Crippen LogP contribution is -2.09. The fraction of sp³-hybridized carbons (Fsp3) is 0.118. The van der Waals surface area contributed by atoms with Crippen LogP contribution in [-0.2, 0) is 16.9 Å². The molecule has 3 aromatic carbocycles. The summed E-state index contributed by atoms with van der Waals surface area (Å²) in [5.74, 6) is 7.67. The average Bonchev–Trinajstić information content (AvgIpc) is 2.98. The van der Waals surface area contributed by atoms with Crippen molar-refractivity contribution in [3.8, 4) is 29.4 Å². The summed E-state index contributed by atoms with van der Waals surface area (Å²) < 4.78 is 71.7. The second-order valence-corrected chi connectivity index (χ2v) is 10.4. The maximum Gasteiger partial charge on any atom is 0.416 e. The number of aliphatic carboxylic acids is 1. The third kappa shape index (κ3) is 8.73. The van der Waals surface area contributed by atoms with E-state index in [1.807, 2.05) is 6.07 Å². The molecule has 4 nitrogen and oxygen atoms in total. The maximum absolute atomic E-state index is 13.9. The Morgan fingerprint density at radius 1 is 0.841 bits per heavy atom. The van der Waals surface area contributed by atoms with E-state index in [-0.39, 0.29) is 5.56 Å². The van der Waals surface area contributed by atoms with Crippen LogP contribution in [0.1, 0.15) is 39.2 Å². The summed E-state index contributed by atoms with van der Waals surface area (Å²) in [5.41, 5.74) is 1.17. The first-order valence-corrected chi connectivity index (χ1v) is 13.6. The Morgan fingerprint density at radius 2 is 1.39 bits per heavy atom. The summed E-state index contributed by atoms with van der Waals surface area (Å²) in [6.07, 6.45) is -3.90. The molecular formula is C34H22F5NO3S. The Kier molecular flexibility index (Phi) is 9.77. The van der Waals surface area contributed by atoms with E-state index in [1.54, 1.807) is 31.2 Å². The number of carboxylic acid groups (broad SMARTS) is 1. The molecule has 0 spiro atoms. The number of rotatable bonds is 7. The first-order valence-electron chi connectivity index (χ1n) is 12.8. The second kappa shape index (κ2) is 13.5. The van der Waals surface area contributed by atoms with Crippen LogP contribution >= 0.6 is 11.8 Å². The van der Waals surface area contributed by atoms with Gasteiger partial charge < -0.3 is 9.84 Å². The van der Waals surface area contributed by atoms with Gasteiger partial charge in [0.2, 0.25) is 0 Å². The molecule has 0 atom stereocenters. The van der Waals surface area contributed by atoms with Gasteiger partial charge in [-0.2, -0.15) is 22.0 Å². The van der Waals surface area contributed by atoms with Crippen molar-refractivity contribution >= 4 is 17.7 Å². The van der Waals surface area contributed by atoms with Crippen LogP contribution in [0.4, 0.5) is 22.0 Å². The Morgan fingerprint density at radius 3 is 1.86 bits per heavy atom. The van der Waals surface area contributed by atoms with E-state index in [2.05, 4.69) is 35.2 Å². The quantitative estimate of drug-likeness (QED) is 0.129. The summed E-state index contributed by atoms with van der Waals surface area (Å²) in [5, 5.41) is 8.86. The minimum atomic E-state index is -4.46. The largest absolute Gasteiger partial charge is 0.482 e. The lowest BCUT2D eigenvalue weighted by Gasteiger charge is -2.10. The van der Waals surface area contributed by atoms with E-state index in [0.29, 0.717) is 39.2 Å². The van der Waals surface area contributed by atoms with Crippen LogP contribution in [0.15, 0.2) is 101 Å². The number of ether oxygens (including phenoxy) is 1. The minimum absolute atomic E-state index is 0.218. The zero-order valence-electron chi connectivity index (χ0n) is 23.0. The summed E-state index contributed by atoms with van der Waals surface area (Å²) in [4.78, 5) is 16.8. The van der Waals surface area contributed by atoms with Crippen molar-refractivity contribution in [2.45, 2.75) is 28.8 Å². The van der Waals surface area contributed by atoms with Crippen molar-refractivity contribution in [1.29, 1.82) is 0 Å². The highest BCUT2D eigenvalue weighted by atomic mass is 32.2. The van der Waals surface area contributed by atoms with Crippen molar-refractivity contribution in [2.75, 3.05) is 6.61 Å². The van der Waals surface area contributed by atoms with Crippen molar-refractivity contribution in [3.05, 3.63) is 131 Å². The molecule has 0 aliphatic rings. The monoisotopic (exact) mass is 619 g/mol. The summed E-state index contributed by atoms with van der Waals surface area (Å²) >= 11 is 1.35. The molecule has 1 heterocycles. The molecule has 222 valence electrons. The SMILES string of the molecule is C=CC(F)(F)c1ccc(C#Cc2cc(Sc3ccc(OCC(=O)O)c(C)c3)cc(C#Cc3ccc(C(F)(F)F)cc3)n2)cc1. The number of halogens is 5. The van der Waals surface area contributed by atoms with Crippen LogP contribution in [0.3, 0.4) is 0 Å². The van der Waals surface area contributed by atoms with Crippen molar-refractivity contribution < 1.29 is 36.6 Å². The third-order valence-corrected chi connectivity index (χ3v) is 6.90. The van der Waals surface area contributed by atoms with Crippen LogP contribution in [0, 0.1) is 30.6 Å². The highest BCUT2D eigenvalue weighted by Crippen LogP contribution is 2.32. The van der Waals surface area contributed by atoms with Gasteiger partial charge in [-0.3, -0.25) is 0 Å². The molecule has 4 aromatic rings. The van der Waals surface area contributed by atoms with Gasteiger partial charge >= 0.3 is 12.1 Å². The molecule has 10 heteroatoms. The summed E-state index contributed by atoms with van der Waals surface area (Å²) in [6.45, 7) is 4.46. The predicted molar refractivity (Wildman–Crippen MR) is 157 cm³/mol. The fourth-order valence-electron chi connectivity index (χ4n) is 3.72. The van der Waals surface area contributed by atoms with Crippen LogP contribution in [0.25, 0.3) is 0 Å². The number of pyridine rings is 1. The first-order chi connectivity index (χ1) is 20.8. The van der Waals surface area contributed by atoms with E-state index >= 15 is 0 Å². The van der Waals surface area contributed by atoms with E-state index in [1.165, 1.54) is 48.2 Å². The topological polar surface area (TPSA) is 59.4 Å². The summed E-state index contributed by atoms with van der Waals surface area (Å²) in [6, 6.07) is 18.5. The standard InChI is InChI=1S/C34H22F5NO3S/c1-3-33(35,36)25-10-4-23(5-11-25)8-14-27-19-30(44-29-16-17-31(22(2)18-29)43-21-32(41)42)20-28(40-27)15-9-24-6-12-26(13-7-24)34(37,38)39/h3-7,10-13,16-20H,1,21H2,2H3,(H,41,42). The number of aryl methyl sites for hydroxylation is 1. The van der Waals surface area contributed by atoms with Crippen molar-refractivity contribution in [3.63, 3.8) is 0 Å². The van der Waals surface area contributed by atoms with E-state index in [4.69, 9.17) is 9.84 Å². The number of hydrogen-bond donors (Lipinski definition) is 1.